The van der Waals surface area contributed by atoms with Gasteiger partial charge in [-0.3, -0.25) is 4.79 Å². The number of nitrogens with zero attached hydrogens (tertiary/aromatic N) is 2. The number of thiophene rings is 1. The molecule has 2 aromatic heterocycles. The van der Waals surface area contributed by atoms with Crippen molar-refractivity contribution in [2.75, 3.05) is 10.0 Å². The summed E-state index contributed by atoms with van der Waals surface area (Å²) in [6.07, 6.45) is 2.86. The van der Waals surface area contributed by atoms with Gasteiger partial charge in [0, 0.05) is 18.1 Å². The molecule has 0 spiro atoms. The third-order valence-corrected chi connectivity index (χ3v) is 5.58. The first-order valence-corrected chi connectivity index (χ1v) is 9.58. The van der Waals surface area contributed by atoms with Crippen molar-refractivity contribution in [1.29, 1.82) is 0 Å². The molecule has 25 heavy (non-hydrogen) atoms. The van der Waals surface area contributed by atoms with Crippen LogP contribution in [0.2, 0.25) is 4.34 Å². The van der Waals surface area contributed by atoms with Crippen molar-refractivity contribution in [2.45, 2.75) is 4.90 Å². The fourth-order valence-corrected chi connectivity index (χ4v) is 3.77. The van der Waals surface area contributed by atoms with E-state index < -0.39 is 10.0 Å². The van der Waals surface area contributed by atoms with Crippen molar-refractivity contribution >= 4 is 50.5 Å². The van der Waals surface area contributed by atoms with E-state index in [-0.39, 0.29) is 16.8 Å². The van der Waals surface area contributed by atoms with Crippen molar-refractivity contribution in [3.05, 3.63) is 64.1 Å². The molecule has 0 atom stereocenters. The van der Waals surface area contributed by atoms with Crippen molar-refractivity contribution in [3.8, 4) is 0 Å². The van der Waals surface area contributed by atoms with Crippen LogP contribution in [0.15, 0.2) is 59.8 Å². The van der Waals surface area contributed by atoms with Crippen molar-refractivity contribution < 1.29 is 13.2 Å². The summed E-state index contributed by atoms with van der Waals surface area (Å²) in [5.41, 5.74) is 0.462. The maximum absolute atomic E-state index is 12.3. The number of amides is 1. The number of hydrogen-bond acceptors (Lipinski definition) is 6. The van der Waals surface area contributed by atoms with Gasteiger partial charge in [-0.05, 0) is 42.5 Å². The first-order chi connectivity index (χ1) is 11.9. The van der Waals surface area contributed by atoms with Crippen molar-refractivity contribution in [1.82, 2.24) is 9.97 Å². The lowest BCUT2D eigenvalue weighted by molar-refractivity contribution is 0.103. The quantitative estimate of drug-likeness (QED) is 0.691. The molecule has 0 fully saturated rings. The highest BCUT2D eigenvalue weighted by Crippen LogP contribution is 2.23. The Labute approximate surface area is 152 Å². The van der Waals surface area contributed by atoms with E-state index in [9.17, 15) is 13.2 Å². The SMILES string of the molecule is O=C(Nc1ccc(S(=O)(=O)Nc2ncccn2)cc1)c1ccc(Cl)s1. The Bertz CT molecular complexity index is 989. The molecule has 1 aromatic carbocycles. The number of anilines is 2. The molecule has 0 unspecified atom stereocenters. The number of sulfonamides is 1. The molecule has 10 heteroatoms. The van der Waals surface area contributed by atoms with Gasteiger partial charge in [0.2, 0.25) is 5.95 Å². The third-order valence-electron chi connectivity index (χ3n) is 3.01. The second kappa shape index (κ2) is 7.18. The minimum Gasteiger partial charge on any atom is -0.321 e. The summed E-state index contributed by atoms with van der Waals surface area (Å²) >= 11 is 6.96. The van der Waals surface area contributed by atoms with Crippen molar-refractivity contribution in [2.24, 2.45) is 0 Å². The van der Waals surface area contributed by atoms with E-state index in [1.165, 1.54) is 36.7 Å². The largest absolute Gasteiger partial charge is 0.321 e. The minimum absolute atomic E-state index is 0.0190. The average Bonchev–Trinajstić information content (AvgIpc) is 3.02. The zero-order valence-electron chi connectivity index (χ0n) is 12.5. The topological polar surface area (TPSA) is 101 Å². The minimum atomic E-state index is -3.81. The summed E-state index contributed by atoms with van der Waals surface area (Å²) in [5.74, 6) is -0.335. The van der Waals surface area contributed by atoms with Gasteiger partial charge in [-0.25, -0.2) is 23.1 Å². The van der Waals surface area contributed by atoms with E-state index in [4.69, 9.17) is 11.6 Å². The summed E-state index contributed by atoms with van der Waals surface area (Å²) in [4.78, 5) is 20.2. The highest BCUT2D eigenvalue weighted by molar-refractivity contribution is 7.92. The first kappa shape index (κ1) is 17.3. The van der Waals surface area contributed by atoms with Gasteiger partial charge in [-0.15, -0.1) is 11.3 Å². The maximum Gasteiger partial charge on any atom is 0.265 e. The maximum atomic E-state index is 12.3. The van der Waals surface area contributed by atoms with Gasteiger partial charge in [-0.1, -0.05) is 11.6 Å². The second-order valence-corrected chi connectivity index (χ2v) is 8.16. The highest BCUT2D eigenvalue weighted by Gasteiger charge is 2.16. The predicted molar refractivity (Wildman–Crippen MR) is 96.6 cm³/mol. The normalized spacial score (nSPS) is 11.1. The van der Waals surface area contributed by atoms with Crippen molar-refractivity contribution in [3.63, 3.8) is 0 Å². The lowest BCUT2D eigenvalue weighted by Crippen LogP contribution is -2.15. The van der Waals surface area contributed by atoms with Gasteiger partial charge in [0.05, 0.1) is 14.1 Å². The molecule has 0 saturated carbocycles. The Hall–Kier alpha value is -2.49. The Morgan fingerprint density at radius 2 is 1.72 bits per heavy atom. The lowest BCUT2D eigenvalue weighted by atomic mass is 10.3. The predicted octanol–water partition coefficient (Wildman–Crippen LogP) is 3.24. The van der Waals surface area contributed by atoms with E-state index in [1.807, 2.05) is 0 Å². The monoisotopic (exact) mass is 394 g/mol. The molecule has 0 saturated heterocycles. The van der Waals surface area contributed by atoms with Gasteiger partial charge in [-0.2, -0.15) is 0 Å². The Balaban J connectivity index is 1.72. The number of aromatic nitrogens is 2. The summed E-state index contributed by atoms with van der Waals surface area (Å²) < 4.78 is 27.3. The molecule has 2 N–H and O–H groups in total. The van der Waals surface area contributed by atoms with Crippen LogP contribution in [-0.4, -0.2) is 24.3 Å². The van der Waals surface area contributed by atoms with E-state index >= 15 is 0 Å². The molecule has 0 aliphatic heterocycles. The van der Waals surface area contributed by atoms with Crippen LogP contribution in [-0.2, 0) is 10.0 Å². The van der Waals surface area contributed by atoms with Crippen LogP contribution in [0.25, 0.3) is 0 Å². The Morgan fingerprint density at radius 3 is 2.32 bits per heavy atom. The lowest BCUT2D eigenvalue weighted by Gasteiger charge is -2.08. The van der Waals surface area contributed by atoms with E-state index in [1.54, 1.807) is 18.2 Å². The molecule has 3 aromatic rings. The van der Waals surface area contributed by atoms with Gasteiger partial charge in [0.1, 0.15) is 0 Å². The molecular formula is C15H11ClN4O3S2. The summed E-state index contributed by atoms with van der Waals surface area (Å²) in [7, 11) is -3.81. The van der Waals surface area contributed by atoms with Crippen LogP contribution < -0.4 is 10.0 Å². The third kappa shape index (κ3) is 4.32. The summed E-state index contributed by atoms with van der Waals surface area (Å²) in [6, 6.07) is 10.6. The number of carbonyl (C=O) groups excluding carboxylic acids is 1. The number of rotatable bonds is 5. The number of carbonyl (C=O) groups is 1. The molecule has 1 amide bonds. The van der Waals surface area contributed by atoms with E-state index in [0.717, 1.165) is 11.3 Å². The smallest absolute Gasteiger partial charge is 0.265 e. The molecule has 3 rings (SSSR count). The molecule has 0 bridgehead atoms. The van der Waals surface area contributed by atoms with Gasteiger partial charge >= 0.3 is 0 Å². The molecule has 0 radical (unpaired) electrons. The van der Waals surface area contributed by atoms with Crippen LogP contribution in [0, 0.1) is 0 Å². The molecule has 0 aliphatic rings. The van der Waals surface area contributed by atoms with Crippen LogP contribution in [0.1, 0.15) is 9.67 Å². The molecule has 128 valence electrons. The van der Waals surface area contributed by atoms with E-state index in [2.05, 4.69) is 20.0 Å². The number of benzene rings is 1. The number of halogens is 1. The molecule has 2 heterocycles. The summed E-state index contributed by atoms with van der Waals surface area (Å²) in [6.45, 7) is 0. The van der Waals surface area contributed by atoms with Crippen LogP contribution >= 0.6 is 22.9 Å². The standard InChI is InChI=1S/C15H11ClN4O3S2/c16-13-7-6-12(24-13)14(21)19-10-2-4-11(5-3-10)25(22,23)20-15-17-8-1-9-18-15/h1-9H,(H,19,21)(H,17,18,20). The Kier molecular flexibility index (Phi) is 4.98. The van der Waals surface area contributed by atoms with Gasteiger partial charge in [0.15, 0.2) is 0 Å². The fourth-order valence-electron chi connectivity index (χ4n) is 1.88. The average molecular weight is 395 g/mol. The highest BCUT2D eigenvalue weighted by atomic mass is 35.5. The first-order valence-electron chi connectivity index (χ1n) is 6.91. The molecule has 0 aliphatic carbocycles. The van der Waals surface area contributed by atoms with Crippen LogP contribution in [0.4, 0.5) is 11.6 Å². The van der Waals surface area contributed by atoms with Crippen LogP contribution in [0.5, 0.6) is 0 Å². The molecular weight excluding hydrogens is 384 g/mol. The van der Waals surface area contributed by atoms with Crippen LogP contribution in [0.3, 0.4) is 0 Å². The number of nitrogens with one attached hydrogen (secondary N) is 2. The Morgan fingerprint density at radius 1 is 1.04 bits per heavy atom. The molecule has 7 nitrogen and oxygen atoms in total. The number of hydrogen-bond donors (Lipinski definition) is 2. The van der Waals surface area contributed by atoms with Gasteiger partial charge in [0.25, 0.3) is 15.9 Å². The summed E-state index contributed by atoms with van der Waals surface area (Å²) in [5, 5.41) is 2.67. The zero-order chi connectivity index (χ0) is 17.9. The zero-order valence-corrected chi connectivity index (χ0v) is 14.9. The second-order valence-electron chi connectivity index (χ2n) is 4.76. The van der Waals surface area contributed by atoms with Gasteiger partial charge < -0.3 is 5.32 Å². The fraction of sp³-hybridized carbons (Fsp3) is 0. The van der Waals surface area contributed by atoms with E-state index in [0.29, 0.717) is 14.9 Å².